The number of nitrogens with zero attached hydrogens (tertiary/aromatic N) is 4. The van der Waals surface area contributed by atoms with Crippen LogP contribution in [0.3, 0.4) is 0 Å². The van der Waals surface area contributed by atoms with Gasteiger partial charge in [-0.3, -0.25) is 14.3 Å². The number of hydrogen-bond donors (Lipinski definition) is 0. The first kappa shape index (κ1) is 21.8. The average Bonchev–Trinajstić information content (AvgIpc) is 3.36. The average molecular weight is 431 g/mol. The van der Waals surface area contributed by atoms with E-state index in [4.69, 9.17) is 0 Å². The lowest BCUT2D eigenvalue weighted by atomic mass is 10.00. The summed E-state index contributed by atoms with van der Waals surface area (Å²) in [7, 11) is 0. The molecule has 0 radical (unpaired) electrons. The fourth-order valence-corrected chi connectivity index (χ4v) is 4.33. The molecule has 1 fully saturated rings. The maximum absolute atomic E-state index is 13.3. The van der Waals surface area contributed by atoms with Crippen molar-refractivity contribution in [3.63, 3.8) is 0 Å². The molecule has 0 atom stereocenters. The molecule has 1 aromatic heterocycles. The molecule has 6 heteroatoms. The molecule has 0 aliphatic carbocycles. The Labute approximate surface area is 189 Å². The van der Waals surface area contributed by atoms with Gasteiger partial charge in [-0.2, -0.15) is 5.10 Å². The molecule has 4 rings (SSSR count). The minimum atomic E-state index is 0.0742. The van der Waals surface area contributed by atoms with Crippen molar-refractivity contribution in [1.82, 2.24) is 19.6 Å². The van der Waals surface area contributed by atoms with Crippen LogP contribution in [0.25, 0.3) is 0 Å². The van der Waals surface area contributed by atoms with E-state index in [1.54, 1.807) is 6.20 Å². The molecule has 0 unspecified atom stereocenters. The van der Waals surface area contributed by atoms with Crippen molar-refractivity contribution in [1.29, 1.82) is 0 Å². The first-order valence-corrected chi connectivity index (χ1v) is 11.4. The summed E-state index contributed by atoms with van der Waals surface area (Å²) < 4.78 is 1.87. The maximum atomic E-state index is 13.3. The second-order valence-corrected chi connectivity index (χ2v) is 8.29. The van der Waals surface area contributed by atoms with Gasteiger partial charge in [-0.05, 0) is 55.2 Å². The van der Waals surface area contributed by atoms with E-state index in [0.29, 0.717) is 25.2 Å². The van der Waals surface area contributed by atoms with Gasteiger partial charge in [0.25, 0.3) is 11.8 Å². The normalized spacial score (nSPS) is 14.3. The molecule has 0 spiro atoms. The number of aromatic nitrogens is 2. The molecule has 6 nitrogen and oxygen atoms in total. The lowest BCUT2D eigenvalue weighted by molar-refractivity contribution is 0.0519. The molecular weight excluding hydrogens is 400 g/mol. The highest BCUT2D eigenvalue weighted by Crippen LogP contribution is 2.21. The van der Waals surface area contributed by atoms with E-state index < -0.39 is 0 Å². The summed E-state index contributed by atoms with van der Waals surface area (Å²) in [4.78, 5) is 30.0. The van der Waals surface area contributed by atoms with Gasteiger partial charge in [0.05, 0.1) is 6.54 Å². The van der Waals surface area contributed by atoms with Crippen LogP contribution in [0.4, 0.5) is 0 Å². The summed E-state index contributed by atoms with van der Waals surface area (Å²) in [6.07, 6.45) is 6.21. The molecule has 2 aromatic carbocycles. The molecule has 166 valence electrons. The third-order valence-corrected chi connectivity index (χ3v) is 6.04. The van der Waals surface area contributed by atoms with E-state index in [9.17, 15) is 9.59 Å². The number of likely N-dealkylation sites (tertiary alicyclic amines) is 1. The summed E-state index contributed by atoms with van der Waals surface area (Å²) in [5.74, 6) is 0.149. The van der Waals surface area contributed by atoms with Gasteiger partial charge in [0.1, 0.15) is 0 Å². The van der Waals surface area contributed by atoms with E-state index in [-0.39, 0.29) is 17.9 Å². The molecule has 3 aromatic rings. The van der Waals surface area contributed by atoms with Crippen molar-refractivity contribution < 1.29 is 9.59 Å². The fourth-order valence-electron chi connectivity index (χ4n) is 4.33. The molecule has 0 saturated carbocycles. The SMILES string of the molecule is CCCN(C(=O)c1ccc(Cn2cccn2)cc1)C1CCN(C(=O)c2ccccc2)CC1. The fraction of sp³-hybridized carbons (Fsp3) is 0.346. The highest BCUT2D eigenvalue weighted by molar-refractivity contribution is 5.95. The van der Waals surface area contributed by atoms with Crippen molar-refractivity contribution in [3.05, 3.63) is 89.7 Å². The molecule has 1 saturated heterocycles. The molecule has 0 N–H and O–H groups in total. The molecule has 1 aliphatic heterocycles. The standard InChI is InChI=1S/C26H30N4O2/c1-2-16-30(24-13-18-28(19-14-24)25(31)22-7-4-3-5-8-22)26(32)23-11-9-21(10-12-23)20-29-17-6-15-27-29/h3-12,15,17,24H,2,13-14,16,18-20H2,1H3. The number of piperidine rings is 1. The number of hydrogen-bond acceptors (Lipinski definition) is 3. The van der Waals surface area contributed by atoms with Crippen molar-refractivity contribution >= 4 is 11.8 Å². The van der Waals surface area contributed by atoms with Crippen LogP contribution >= 0.6 is 0 Å². The lowest BCUT2D eigenvalue weighted by Gasteiger charge is -2.38. The summed E-state index contributed by atoms with van der Waals surface area (Å²) >= 11 is 0. The zero-order valence-electron chi connectivity index (χ0n) is 18.6. The van der Waals surface area contributed by atoms with Gasteiger partial charge in [0.15, 0.2) is 0 Å². The van der Waals surface area contributed by atoms with Crippen molar-refractivity contribution in [2.45, 2.75) is 38.8 Å². The summed E-state index contributed by atoms with van der Waals surface area (Å²) in [6.45, 7) is 4.87. The van der Waals surface area contributed by atoms with E-state index >= 15 is 0 Å². The minimum absolute atomic E-state index is 0.0742. The highest BCUT2D eigenvalue weighted by Gasteiger charge is 2.30. The van der Waals surface area contributed by atoms with Crippen LogP contribution < -0.4 is 0 Å². The first-order valence-electron chi connectivity index (χ1n) is 11.4. The number of amides is 2. The van der Waals surface area contributed by atoms with Crippen LogP contribution in [0, 0.1) is 0 Å². The minimum Gasteiger partial charge on any atom is -0.338 e. The smallest absolute Gasteiger partial charge is 0.254 e. The number of benzene rings is 2. The zero-order chi connectivity index (χ0) is 22.3. The number of carbonyl (C=O) groups excluding carboxylic acids is 2. The van der Waals surface area contributed by atoms with Gasteiger partial charge in [0, 0.05) is 49.2 Å². The molecule has 32 heavy (non-hydrogen) atoms. The lowest BCUT2D eigenvalue weighted by Crippen LogP contribution is -2.49. The summed E-state index contributed by atoms with van der Waals surface area (Å²) in [5, 5.41) is 4.23. The number of carbonyl (C=O) groups is 2. The Hall–Kier alpha value is -3.41. The molecular formula is C26H30N4O2. The Morgan fingerprint density at radius 2 is 1.69 bits per heavy atom. The van der Waals surface area contributed by atoms with Gasteiger partial charge in [-0.15, -0.1) is 0 Å². The predicted octanol–water partition coefficient (Wildman–Crippen LogP) is 4.09. The van der Waals surface area contributed by atoms with E-state index in [2.05, 4.69) is 12.0 Å². The van der Waals surface area contributed by atoms with E-state index in [1.807, 2.05) is 81.3 Å². The number of rotatable bonds is 7. The Morgan fingerprint density at radius 1 is 0.969 bits per heavy atom. The zero-order valence-corrected chi connectivity index (χ0v) is 18.6. The Balaban J connectivity index is 1.39. The summed E-state index contributed by atoms with van der Waals surface area (Å²) in [5.41, 5.74) is 2.55. The van der Waals surface area contributed by atoms with E-state index in [1.165, 1.54) is 0 Å². The van der Waals surface area contributed by atoms with Crippen molar-refractivity contribution in [2.24, 2.45) is 0 Å². The van der Waals surface area contributed by atoms with Crippen LogP contribution in [-0.2, 0) is 6.54 Å². The second kappa shape index (κ2) is 10.3. The largest absolute Gasteiger partial charge is 0.338 e. The van der Waals surface area contributed by atoms with E-state index in [0.717, 1.165) is 36.9 Å². The van der Waals surface area contributed by atoms with Gasteiger partial charge < -0.3 is 9.80 Å². The first-order chi connectivity index (χ1) is 15.7. The van der Waals surface area contributed by atoms with Gasteiger partial charge in [0.2, 0.25) is 0 Å². The Kier molecular flexibility index (Phi) is 7.00. The Bertz CT molecular complexity index is 1010. The van der Waals surface area contributed by atoms with Crippen LogP contribution in [0.1, 0.15) is 52.5 Å². The Morgan fingerprint density at radius 3 is 2.31 bits per heavy atom. The monoisotopic (exact) mass is 430 g/mol. The van der Waals surface area contributed by atoms with Crippen LogP contribution in [0.15, 0.2) is 73.1 Å². The second-order valence-electron chi connectivity index (χ2n) is 8.29. The van der Waals surface area contributed by atoms with Crippen molar-refractivity contribution in [2.75, 3.05) is 19.6 Å². The topological polar surface area (TPSA) is 58.4 Å². The van der Waals surface area contributed by atoms with Crippen LogP contribution in [0.2, 0.25) is 0 Å². The van der Waals surface area contributed by atoms with Crippen molar-refractivity contribution in [3.8, 4) is 0 Å². The maximum Gasteiger partial charge on any atom is 0.254 e. The third kappa shape index (κ3) is 5.07. The third-order valence-electron chi connectivity index (χ3n) is 6.04. The molecule has 0 bridgehead atoms. The van der Waals surface area contributed by atoms with Gasteiger partial charge in [-0.1, -0.05) is 37.3 Å². The van der Waals surface area contributed by atoms with Crippen LogP contribution in [-0.4, -0.2) is 57.1 Å². The molecule has 1 aliphatic rings. The highest BCUT2D eigenvalue weighted by atomic mass is 16.2. The quantitative estimate of drug-likeness (QED) is 0.567. The van der Waals surface area contributed by atoms with Gasteiger partial charge >= 0.3 is 0 Å². The predicted molar refractivity (Wildman–Crippen MR) is 124 cm³/mol. The van der Waals surface area contributed by atoms with Crippen LogP contribution in [0.5, 0.6) is 0 Å². The van der Waals surface area contributed by atoms with Gasteiger partial charge in [-0.25, -0.2) is 0 Å². The molecule has 2 heterocycles. The summed E-state index contributed by atoms with van der Waals surface area (Å²) in [6, 6.07) is 19.3. The molecule has 2 amide bonds.